The third kappa shape index (κ3) is 2.55. The number of β-lactam (4-membered cyclic amide) rings is 1. The second-order valence-electron chi connectivity index (χ2n) is 6.43. The second-order valence-corrected chi connectivity index (χ2v) is 6.43. The molecule has 0 saturated carbocycles. The standard InChI is InChI=1S/C16H24N4O/c1-3-6-13(2)19-10-4-7-16(11-19)12-20(14(16)21)15-17-8-5-9-18-15/h5,8-9,13H,3-4,6-7,10-12H2,1-2H3/t13-,16+/m1/s1. The van der Waals surface area contributed by atoms with E-state index in [2.05, 4.69) is 28.7 Å². The number of carbonyl (C=O) groups excluding carboxylic acids is 1. The minimum Gasteiger partial charge on any atom is -0.300 e. The Hall–Kier alpha value is -1.49. The summed E-state index contributed by atoms with van der Waals surface area (Å²) in [5.74, 6) is 0.758. The van der Waals surface area contributed by atoms with Crippen LogP contribution in [0.25, 0.3) is 0 Å². The van der Waals surface area contributed by atoms with Gasteiger partial charge in [0, 0.05) is 31.5 Å². The van der Waals surface area contributed by atoms with Crippen molar-refractivity contribution in [2.45, 2.75) is 45.6 Å². The molecular weight excluding hydrogens is 264 g/mol. The monoisotopic (exact) mass is 288 g/mol. The molecule has 0 aromatic carbocycles. The Kier molecular flexibility index (Phi) is 3.93. The van der Waals surface area contributed by atoms with Crippen LogP contribution in [-0.4, -0.2) is 46.5 Å². The molecule has 2 aliphatic heterocycles. The summed E-state index contributed by atoms with van der Waals surface area (Å²) >= 11 is 0. The number of carbonyl (C=O) groups is 1. The molecule has 0 unspecified atom stereocenters. The van der Waals surface area contributed by atoms with Gasteiger partial charge in [0.2, 0.25) is 11.9 Å². The number of nitrogens with zero attached hydrogens (tertiary/aromatic N) is 4. The Labute approximate surface area is 126 Å². The molecule has 0 N–H and O–H groups in total. The van der Waals surface area contributed by atoms with Gasteiger partial charge in [0.1, 0.15) is 0 Å². The van der Waals surface area contributed by atoms with Crippen molar-refractivity contribution in [3.63, 3.8) is 0 Å². The van der Waals surface area contributed by atoms with Crippen LogP contribution in [0.3, 0.4) is 0 Å². The van der Waals surface area contributed by atoms with E-state index >= 15 is 0 Å². The molecular formula is C16H24N4O. The summed E-state index contributed by atoms with van der Waals surface area (Å²) in [6.45, 7) is 7.29. The highest BCUT2D eigenvalue weighted by molar-refractivity contribution is 6.03. The van der Waals surface area contributed by atoms with Crippen molar-refractivity contribution in [3.05, 3.63) is 18.5 Å². The minimum absolute atomic E-state index is 0.181. The van der Waals surface area contributed by atoms with Crippen LogP contribution < -0.4 is 4.90 Å². The molecule has 1 spiro atoms. The number of anilines is 1. The summed E-state index contributed by atoms with van der Waals surface area (Å²) in [5.41, 5.74) is -0.181. The molecule has 2 fully saturated rings. The number of piperidine rings is 1. The molecule has 1 aromatic rings. The first-order valence-electron chi connectivity index (χ1n) is 7.99. The van der Waals surface area contributed by atoms with Crippen molar-refractivity contribution < 1.29 is 4.79 Å². The summed E-state index contributed by atoms with van der Waals surface area (Å²) in [6.07, 6.45) is 7.90. The lowest BCUT2D eigenvalue weighted by Crippen LogP contribution is -2.68. The summed E-state index contributed by atoms with van der Waals surface area (Å²) in [6, 6.07) is 2.35. The molecule has 2 aliphatic rings. The van der Waals surface area contributed by atoms with Gasteiger partial charge in [-0.15, -0.1) is 0 Å². The Bertz CT molecular complexity index is 506. The largest absolute Gasteiger partial charge is 0.300 e. The van der Waals surface area contributed by atoms with Crippen molar-refractivity contribution in [3.8, 4) is 0 Å². The van der Waals surface area contributed by atoms with Crippen LogP contribution in [0.2, 0.25) is 0 Å². The second kappa shape index (κ2) is 5.72. The molecule has 5 heteroatoms. The van der Waals surface area contributed by atoms with Gasteiger partial charge in [-0.2, -0.15) is 0 Å². The van der Waals surface area contributed by atoms with E-state index in [1.807, 2.05) is 0 Å². The van der Waals surface area contributed by atoms with Gasteiger partial charge in [-0.3, -0.25) is 14.6 Å². The first-order valence-corrected chi connectivity index (χ1v) is 7.99. The molecule has 2 saturated heterocycles. The first kappa shape index (κ1) is 14.4. The van der Waals surface area contributed by atoms with Gasteiger partial charge in [-0.05, 0) is 38.8 Å². The number of aromatic nitrogens is 2. The zero-order chi connectivity index (χ0) is 14.9. The molecule has 0 bridgehead atoms. The van der Waals surface area contributed by atoms with E-state index in [1.165, 1.54) is 12.8 Å². The van der Waals surface area contributed by atoms with Crippen molar-refractivity contribution >= 4 is 11.9 Å². The van der Waals surface area contributed by atoms with E-state index in [4.69, 9.17) is 0 Å². The zero-order valence-corrected chi connectivity index (χ0v) is 13.0. The lowest BCUT2D eigenvalue weighted by molar-refractivity contribution is -0.140. The summed E-state index contributed by atoms with van der Waals surface area (Å²) < 4.78 is 0. The maximum Gasteiger partial charge on any atom is 0.238 e. The van der Waals surface area contributed by atoms with Crippen LogP contribution in [0.4, 0.5) is 5.95 Å². The van der Waals surface area contributed by atoms with Crippen molar-refractivity contribution in [1.82, 2.24) is 14.9 Å². The van der Waals surface area contributed by atoms with Crippen molar-refractivity contribution in [2.75, 3.05) is 24.5 Å². The third-order valence-corrected chi connectivity index (χ3v) is 4.89. The Morgan fingerprint density at radius 2 is 2.10 bits per heavy atom. The number of amides is 1. The molecule has 1 amide bonds. The molecule has 21 heavy (non-hydrogen) atoms. The maximum absolute atomic E-state index is 12.7. The zero-order valence-electron chi connectivity index (χ0n) is 13.0. The number of hydrogen-bond acceptors (Lipinski definition) is 4. The quantitative estimate of drug-likeness (QED) is 0.796. The Morgan fingerprint density at radius 1 is 1.33 bits per heavy atom. The van der Waals surface area contributed by atoms with E-state index in [9.17, 15) is 4.79 Å². The Morgan fingerprint density at radius 3 is 2.76 bits per heavy atom. The van der Waals surface area contributed by atoms with Crippen LogP contribution >= 0.6 is 0 Å². The number of likely N-dealkylation sites (tertiary alicyclic amines) is 1. The van der Waals surface area contributed by atoms with Crippen LogP contribution in [-0.2, 0) is 4.79 Å². The van der Waals surface area contributed by atoms with Crippen molar-refractivity contribution in [1.29, 1.82) is 0 Å². The number of hydrogen-bond donors (Lipinski definition) is 0. The average Bonchev–Trinajstić information content (AvgIpc) is 2.53. The molecule has 0 aliphatic carbocycles. The maximum atomic E-state index is 12.7. The van der Waals surface area contributed by atoms with Crippen LogP contribution in [0.5, 0.6) is 0 Å². The number of rotatable bonds is 4. The van der Waals surface area contributed by atoms with Crippen LogP contribution in [0.15, 0.2) is 18.5 Å². The van der Waals surface area contributed by atoms with Gasteiger partial charge in [0.05, 0.1) is 5.41 Å². The summed E-state index contributed by atoms with van der Waals surface area (Å²) in [4.78, 5) is 25.3. The summed E-state index contributed by atoms with van der Waals surface area (Å²) in [7, 11) is 0. The average molecular weight is 288 g/mol. The highest BCUT2D eigenvalue weighted by Crippen LogP contribution is 2.42. The van der Waals surface area contributed by atoms with Gasteiger partial charge in [0.15, 0.2) is 0 Å². The highest BCUT2D eigenvalue weighted by Gasteiger charge is 2.55. The van der Waals surface area contributed by atoms with Gasteiger partial charge < -0.3 is 0 Å². The van der Waals surface area contributed by atoms with E-state index in [-0.39, 0.29) is 11.3 Å². The normalized spacial score (nSPS) is 27.7. The van der Waals surface area contributed by atoms with Gasteiger partial charge in [-0.25, -0.2) is 9.97 Å². The first-order chi connectivity index (χ1) is 10.2. The van der Waals surface area contributed by atoms with Crippen molar-refractivity contribution in [2.24, 2.45) is 5.41 Å². The fourth-order valence-corrected chi connectivity index (χ4v) is 3.68. The molecule has 5 nitrogen and oxygen atoms in total. The molecule has 114 valence electrons. The third-order valence-electron chi connectivity index (χ3n) is 4.89. The molecule has 1 aromatic heterocycles. The van der Waals surface area contributed by atoms with Gasteiger partial charge >= 0.3 is 0 Å². The molecule has 3 heterocycles. The predicted molar refractivity (Wildman–Crippen MR) is 82.0 cm³/mol. The molecule has 3 rings (SSSR count). The lowest BCUT2D eigenvalue weighted by Gasteiger charge is -2.53. The lowest BCUT2D eigenvalue weighted by atomic mass is 9.72. The topological polar surface area (TPSA) is 49.3 Å². The van der Waals surface area contributed by atoms with Gasteiger partial charge in [-0.1, -0.05) is 13.3 Å². The SMILES string of the molecule is CCC[C@@H](C)N1CCC[C@@]2(CN(c3ncccn3)C2=O)C1. The Balaban J connectivity index is 1.68. The fourth-order valence-electron chi connectivity index (χ4n) is 3.68. The molecule has 0 radical (unpaired) electrons. The van der Waals surface area contributed by atoms with Crippen LogP contribution in [0.1, 0.15) is 39.5 Å². The van der Waals surface area contributed by atoms with E-state index in [1.54, 1.807) is 23.4 Å². The van der Waals surface area contributed by atoms with Crippen LogP contribution in [0, 0.1) is 5.41 Å². The predicted octanol–water partition coefficient (Wildman–Crippen LogP) is 2.09. The van der Waals surface area contributed by atoms with E-state index in [0.717, 1.165) is 32.5 Å². The molecule has 2 atom stereocenters. The summed E-state index contributed by atoms with van der Waals surface area (Å²) in [5, 5.41) is 0. The fraction of sp³-hybridized carbons (Fsp3) is 0.688. The van der Waals surface area contributed by atoms with Gasteiger partial charge in [0.25, 0.3) is 0 Å². The van der Waals surface area contributed by atoms with E-state index in [0.29, 0.717) is 12.0 Å². The minimum atomic E-state index is -0.181. The van der Waals surface area contributed by atoms with E-state index < -0.39 is 0 Å². The smallest absolute Gasteiger partial charge is 0.238 e. The highest BCUT2D eigenvalue weighted by atomic mass is 16.2.